The number of amides is 1. The number of carbonyl (C=O) groups is 1. The van der Waals surface area contributed by atoms with Gasteiger partial charge in [-0.1, -0.05) is 6.07 Å². The summed E-state index contributed by atoms with van der Waals surface area (Å²) in [6.45, 7) is 2.21. The van der Waals surface area contributed by atoms with Crippen molar-refractivity contribution in [1.82, 2.24) is 10.3 Å². The van der Waals surface area contributed by atoms with Crippen molar-refractivity contribution in [1.29, 1.82) is 0 Å². The van der Waals surface area contributed by atoms with E-state index in [0.717, 1.165) is 5.56 Å². The molecule has 0 aliphatic rings. The number of pyridine rings is 1. The molecule has 0 saturated carbocycles. The third-order valence-electron chi connectivity index (χ3n) is 2.07. The zero-order valence-corrected chi connectivity index (χ0v) is 8.86. The van der Waals surface area contributed by atoms with Gasteiger partial charge >= 0.3 is 0 Å². The molecule has 5 heteroatoms. The van der Waals surface area contributed by atoms with Gasteiger partial charge in [0.25, 0.3) is 0 Å². The molecule has 82 valence electrons. The van der Waals surface area contributed by atoms with E-state index in [0.29, 0.717) is 12.4 Å². The summed E-state index contributed by atoms with van der Waals surface area (Å²) in [4.78, 5) is 14.8. The summed E-state index contributed by atoms with van der Waals surface area (Å²) in [6.07, 6.45) is 1.65. The first kappa shape index (κ1) is 11.5. The SMILES string of the molecule is COc1ncccc1CNC(C)C(N)=O. The minimum Gasteiger partial charge on any atom is -0.481 e. The molecule has 1 unspecified atom stereocenters. The second-order valence-electron chi connectivity index (χ2n) is 3.18. The highest BCUT2D eigenvalue weighted by molar-refractivity contribution is 5.79. The quantitative estimate of drug-likeness (QED) is 0.718. The van der Waals surface area contributed by atoms with Gasteiger partial charge in [-0.05, 0) is 13.0 Å². The van der Waals surface area contributed by atoms with Crippen molar-refractivity contribution in [3.05, 3.63) is 23.9 Å². The van der Waals surface area contributed by atoms with Crippen LogP contribution in [0.3, 0.4) is 0 Å². The van der Waals surface area contributed by atoms with Crippen LogP contribution in [-0.4, -0.2) is 24.0 Å². The van der Waals surface area contributed by atoms with E-state index in [1.54, 1.807) is 20.2 Å². The summed E-state index contributed by atoms with van der Waals surface area (Å²) in [5, 5.41) is 2.98. The number of ether oxygens (including phenoxy) is 1. The fraction of sp³-hybridized carbons (Fsp3) is 0.400. The molecule has 0 spiro atoms. The van der Waals surface area contributed by atoms with Crippen LogP contribution < -0.4 is 15.8 Å². The molecular formula is C10H15N3O2. The molecule has 0 fully saturated rings. The normalized spacial score (nSPS) is 12.1. The van der Waals surface area contributed by atoms with Crippen molar-refractivity contribution in [2.24, 2.45) is 5.73 Å². The third-order valence-corrected chi connectivity index (χ3v) is 2.07. The average molecular weight is 209 g/mol. The highest BCUT2D eigenvalue weighted by Crippen LogP contribution is 2.12. The number of primary amides is 1. The molecule has 1 rings (SSSR count). The zero-order valence-electron chi connectivity index (χ0n) is 8.86. The Kier molecular flexibility index (Phi) is 4.05. The minimum absolute atomic E-state index is 0.366. The van der Waals surface area contributed by atoms with Crippen molar-refractivity contribution in [2.75, 3.05) is 7.11 Å². The molecule has 0 radical (unpaired) electrons. The molecule has 0 aromatic carbocycles. The van der Waals surface area contributed by atoms with E-state index >= 15 is 0 Å². The van der Waals surface area contributed by atoms with Crippen LogP contribution in [0.2, 0.25) is 0 Å². The van der Waals surface area contributed by atoms with Gasteiger partial charge in [0.1, 0.15) is 0 Å². The van der Waals surface area contributed by atoms with E-state index in [2.05, 4.69) is 10.3 Å². The van der Waals surface area contributed by atoms with E-state index in [-0.39, 0.29) is 11.9 Å². The molecule has 0 saturated heterocycles. The largest absolute Gasteiger partial charge is 0.481 e. The van der Waals surface area contributed by atoms with E-state index in [1.165, 1.54) is 0 Å². The van der Waals surface area contributed by atoms with Crippen molar-refractivity contribution in [3.63, 3.8) is 0 Å². The summed E-state index contributed by atoms with van der Waals surface area (Å²) < 4.78 is 5.07. The number of nitrogens with zero attached hydrogens (tertiary/aromatic N) is 1. The summed E-state index contributed by atoms with van der Waals surface area (Å²) in [5.74, 6) is 0.180. The first-order valence-electron chi connectivity index (χ1n) is 4.65. The summed E-state index contributed by atoms with van der Waals surface area (Å²) in [7, 11) is 1.56. The Hall–Kier alpha value is -1.62. The highest BCUT2D eigenvalue weighted by atomic mass is 16.5. The van der Waals surface area contributed by atoms with Gasteiger partial charge in [0, 0.05) is 18.3 Å². The molecule has 1 aromatic heterocycles. The number of aromatic nitrogens is 1. The number of rotatable bonds is 5. The van der Waals surface area contributed by atoms with Gasteiger partial charge in [-0.3, -0.25) is 4.79 Å². The number of methoxy groups -OCH3 is 1. The fourth-order valence-electron chi connectivity index (χ4n) is 1.11. The number of carbonyl (C=O) groups excluding carboxylic acids is 1. The van der Waals surface area contributed by atoms with Crippen LogP contribution in [-0.2, 0) is 11.3 Å². The summed E-state index contributed by atoms with van der Waals surface area (Å²) in [6, 6.07) is 3.33. The molecule has 1 amide bonds. The van der Waals surface area contributed by atoms with Gasteiger partial charge in [-0.15, -0.1) is 0 Å². The molecule has 0 aliphatic carbocycles. The molecule has 15 heavy (non-hydrogen) atoms. The van der Waals surface area contributed by atoms with Crippen LogP contribution >= 0.6 is 0 Å². The van der Waals surface area contributed by atoms with E-state index in [4.69, 9.17) is 10.5 Å². The van der Waals surface area contributed by atoms with Crippen LogP contribution in [0.25, 0.3) is 0 Å². The maximum Gasteiger partial charge on any atom is 0.234 e. The predicted molar refractivity (Wildman–Crippen MR) is 56.3 cm³/mol. The van der Waals surface area contributed by atoms with Gasteiger partial charge in [0.2, 0.25) is 11.8 Å². The summed E-state index contributed by atoms with van der Waals surface area (Å²) >= 11 is 0. The maximum atomic E-state index is 10.8. The van der Waals surface area contributed by atoms with Crippen LogP contribution in [0.1, 0.15) is 12.5 Å². The first-order chi connectivity index (χ1) is 7.15. The zero-order chi connectivity index (χ0) is 11.3. The Morgan fingerprint density at radius 2 is 2.47 bits per heavy atom. The van der Waals surface area contributed by atoms with Gasteiger partial charge in [0.05, 0.1) is 13.2 Å². The lowest BCUT2D eigenvalue weighted by Crippen LogP contribution is -2.38. The first-order valence-corrected chi connectivity index (χ1v) is 4.65. The van der Waals surface area contributed by atoms with Crippen molar-refractivity contribution in [3.8, 4) is 5.88 Å². The van der Waals surface area contributed by atoms with E-state index in [9.17, 15) is 4.79 Å². The molecular weight excluding hydrogens is 194 g/mol. The van der Waals surface area contributed by atoms with Gasteiger partial charge in [-0.25, -0.2) is 4.98 Å². The Labute approximate surface area is 88.6 Å². The molecule has 0 bridgehead atoms. The Morgan fingerprint density at radius 3 is 3.07 bits per heavy atom. The highest BCUT2D eigenvalue weighted by Gasteiger charge is 2.09. The lowest BCUT2D eigenvalue weighted by atomic mass is 10.2. The Bertz CT molecular complexity index is 341. The third kappa shape index (κ3) is 3.21. The standard InChI is InChI=1S/C10H15N3O2/c1-7(9(11)14)13-6-8-4-3-5-12-10(8)15-2/h3-5,7,13H,6H2,1-2H3,(H2,11,14). The van der Waals surface area contributed by atoms with E-state index < -0.39 is 0 Å². The van der Waals surface area contributed by atoms with Gasteiger partial charge < -0.3 is 15.8 Å². The Balaban J connectivity index is 2.60. The molecule has 1 atom stereocenters. The van der Waals surface area contributed by atoms with Gasteiger partial charge in [0.15, 0.2) is 0 Å². The van der Waals surface area contributed by atoms with Crippen LogP contribution in [0, 0.1) is 0 Å². The van der Waals surface area contributed by atoms with Gasteiger partial charge in [-0.2, -0.15) is 0 Å². The number of hydrogen-bond acceptors (Lipinski definition) is 4. The van der Waals surface area contributed by atoms with Crippen LogP contribution in [0.5, 0.6) is 5.88 Å². The molecule has 5 nitrogen and oxygen atoms in total. The smallest absolute Gasteiger partial charge is 0.234 e. The monoisotopic (exact) mass is 209 g/mol. The predicted octanol–water partition coefficient (Wildman–Crippen LogP) is 0.0536. The molecule has 3 N–H and O–H groups in total. The fourth-order valence-corrected chi connectivity index (χ4v) is 1.11. The minimum atomic E-state index is -0.377. The number of nitrogens with two attached hydrogens (primary N) is 1. The van der Waals surface area contributed by atoms with Crippen molar-refractivity contribution in [2.45, 2.75) is 19.5 Å². The van der Waals surface area contributed by atoms with Crippen LogP contribution in [0.4, 0.5) is 0 Å². The van der Waals surface area contributed by atoms with E-state index in [1.807, 2.05) is 12.1 Å². The second-order valence-corrected chi connectivity index (χ2v) is 3.18. The lowest BCUT2D eigenvalue weighted by Gasteiger charge is -2.11. The maximum absolute atomic E-state index is 10.8. The molecule has 0 aliphatic heterocycles. The molecule has 1 aromatic rings. The number of nitrogens with one attached hydrogen (secondary N) is 1. The lowest BCUT2D eigenvalue weighted by molar-refractivity contribution is -0.119. The molecule has 1 heterocycles. The average Bonchev–Trinajstić information content (AvgIpc) is 2.26. The van der Waals surface area contributed by atoms with Crippen molar-refractivity contribution >= 4 is 5.91 Å². The number of hydrogen-bond donors (Lipinski definition) is 2. The van der Waals surface area contributed by atoms with Crippen LogP contribution in [0.15, 0.2) is 18.3 Å². The summed E-state index contributed by atoms with van der Waals surface area (Å²) in [5.41, 5.74) is 6.02. The van der Waals surface area contributed by atoms with Crippen molar-refractivity contribution < 1.29 is 9.53 Å². The topological polar surface area (TPSA) is 77.2 Å². The second kappa shape index (κ2) is 5.31. The Morgan fingerprint density at radius 1 is 1.73 bits per heavy atom.